The Bertz CT molecular complexity index is 784. The minimum atomic E-state index is -4.40. The molecule has 0 radical (unpaired) electrons. The number of aryl methyl sites for hydroxylation is 1. The molecule has 0 saturated heterocycles. The highest BCUT2D eigenvalue weighted by molar-refractivity contribution is 5.94. The zero-order chi connectivity index (χ0) is 19.5. The van der Waals surface area contributed by atoms with Gasteiger partial charge in [-0.15, -0.1) is 0 Å². The van der Waals surface area contributed by atoms with Gasteiger partial charge in [0.2, 0.25) is 0 Å². The molecule has 7 heteroatoms. The fourth-order valence-electron chi connectivity index (χ4n) is 2.47. The van der Waals surface area contributed by atoms with E-state index in [0.29, 0.717) is 29.1 Å². The van der Waals surface area contributed by atoms with Gasteiger partial charge < -0.3 is 9.47 Å². The minimum absolute atomic E-state index is 0.203. The molecule has 0 saturated carbocycles. The molecule has 2 rings (SSSR count). The van der Waals surface area contributed by atoms with Crippen LogP contribution in [0.25, 0.3) is 11.3 Å². The van der Waals surface area contributed by atoms with Crippen LogP contribution in [0.1, 0.15) is 42.4 Å². The van der Waals surface area contributed by atoms with Crippen LogP contribution in [0.5, 0.6) is 5.75 Å². The van der Waals surface area contributed by atoms with Gasteiger partial charge in [-0.25, -0.2) is 4.79 Å². The summed E-state index contributed by atoms with van der Waals surface area (Å²) in [6.07, 6.45) is -4.17. The second-order valence-corrected chi connectivity index (χ2v) is 5.91. The van der Waals surface area contributed by atoms with E-state index in [1.165, 1.54) is 19.2 Å². The molecule has 0 atom stereocenters. The second-order valence-electron chi connectivity index (χ2n) is 5.91. The summed E-state index contributed by atoms with van der Waals surface area (Å²) in [5.41, 5.74) is 0.891. The Morgan fingerprint density at radius 2 is 1.81 bits per heavy atom. The molecule has 0 aliphatic rings. The van der Waals surface area contributed by atoms with Crippen LogP contribution >= 0.6 is 0 Å². The molecule has 1 aromatic carbocycles. The number of rotatable bonds is 5. The summed E-state index contributed by atoms with van der Waals surface area (Å²) in [6, 6.07) is 6.25. The highest BCUT2D eigenvalue weighted by atomic mass is 19.4. The number of halogens is 3. The predicted octanol–water partition coefficient (Wildman–Crippen LogP) is 4.90. The van der Waals surface area contributed by atoms with E-state index in [-0.39, 0.29) is 11.7 Å². The molecule has 0 aliphatic carbocycles. The lowest BCUT2D eigenvalue weighted by atomic mass is 10.0. The van der Waals surface area contributed by atoms with Gasteiger partial charge in [-0.1, -0.05) is 19.1 Å². The molecule has 4 nitrogen and oxygen atoms in total. The molecule has 1 heterocycles. The predicted molar refractivity (Wildman–Crippen MR) is 91.2 cm³/mol. The first-order valence-corrected chi connectivity index (χ1v) is 8.13. The van der Waals surface area contributed by atoms with Crippen LogP contribution < -0.4 is 4.74 Å². The van der Waals surface area contributed by atoms with E-state index in [2.05, 4.69) is 4.98 Å². The summed E-state index contributed by atoms with van der Waals surface area (Å²) < 4.78 is 48.8. The SMILES string of the molecule is CCc1nc(-c2ccc(C(F)(F)F)cc2)cc(OC(C)C)c1C(=O)OC. The minimum Gasteiger partial charge on any atom is -0.490 e. The van der Waals surface area contributed by atoms with E-state index >= 15 is 0 Å². The smallest absolute Gasteiger partial charge is 0.416 e. The van der Waals surface area contributed by atoms with Crippen molar-refractivity contribution in [1.29, 1.82) is 0 Å². The van der Waals surface area contributed by atoms with Gasteiger partial charge in [0.15, 0.2) is 0 Å². The average Bonchev–Trinajstić information content (AvgIpc) is 2.59. The van der Waals surface area contributed by atoms with Crippen molar-refractivity contribution in [3.63, 3.8) is 0 Å². The zero-order valence-corrected chi connectivity index (χ0v) is 15.0. The van der Waals surface area contributed by atoms with Crippen LogP contribution in [-0.2, 0) is 17.3 Å². The first-order chi connectivity index (χ1) is 12.2. The molecule has 140 valence electrons. The maximum atomic E-state index is 12.7. The molecule has 0 N–H and O–H groups in total. The highest BCUT2D eigenvalue weighted by Crippen LogP contribution is 2.33. The summed E-state index contributed by atoms with van der Waals surface area (Å²) in [6.45, 7) is 5.44. The lowest BCUT2D eigenvalue weighted by Gasteiger charge is -2.17. The number of hydrogen-bond acceptors (Lipinski definition) is 4. The number of carbonyl (C=O) groups excluding carboxylic acids is 1. The fraction of sp³-hybridized carbons (Fsp3) is 0.368. The number of hydrogen-bond donors (Lipinski definition) is 0. The quantitative estimate of drug-likeness (QED) is 0.705. The number of ether oxygens (including phenoxy) is 2. The Balaban J connectivity index is 2.57. The number of alkyl halides is 3. The van der Waals surface area contributed by atoms with E-state index in [4.69, 9.17) is 9.47 Å². The Labute approximate surface area is 150 Å². The maximum Gasteiger partial charge on any atom is 0.416 e. The molecule has 26 heavy (non-hydrogen) atoms. The first kappa shape index (κ1) is 19.8. The van der Waals surface area contributed by atoms with E-state index in [1.807, 2.05) is 20.8 Å². The van der Waals surface area contributed by atoms with E-state index in [1.54, 1.807) is 6.07 Å². The molecule has 2 aromatic rings. The normalized spacial score (nSPS) is 11.5. The van der Waals surface area contributed by atoms with Crippen molar-refractivity contribution < 1.29 is 27.4 Å². The summed E-state index contributed by atoms with van der Waals surface area (Å²) in [7, 11) is 1.27. The van der Waals surface area contributed by atoms with Crippen LogP contribution in [0, 0.1) is 0 Å². The van der Waals surface area contributed by atoms with Crippen molar-refractivity contribution in [2.24, 2.45) is 0 Å². The van der Waals surface area contributed by atoms with Crippen molar-refractivity contribution in [3.05, 3.63) is 47.2 Å². The van der Waals surface area contributed by atoms with Crippen LogP contribution in [-0.4, -0.2) is 24.2 Å². The number of nitrogens with zero attached hydrogens (tertiary/aromatic N) is 1. The second kappa shape index (κ2) is 7.76. The van der Waals surface area contributed by atoms with E-state index in [0.717, 1.165) is 12.1 Å². The van der Waals surface area contributed by atoms with Crippen molar-refractivity contribution in [2.75, 3.05) is 7.11 Å². The summed E-state index contributed by atoms with van der Waals surface area (Å²) in [4.78, 5) is 16.6. The lowest BCUT2D eigenvalue weighted by Crippen LogP contribution is -2.14. The van der Waals surface area contributed by atoms with Crippen molar-refractivity contribution >= 4 is 5.97 Å². The topological polar surface area (TPSA) is 48.4 Å². The molecular formula is C19H20F3NO3. The molecule has 0 bridgehead atoms. The molecular weight excluding hydrogens is 347 g/mol. The Morgan fingerprint density at radius 3 is 2.27 bits per heavy atom. The number of pyridine rings is 1. The Hall–Kier alpha value is -2.57. The first-order valence-electron chi connectivity index (χ1n) is 8.13. The van der Waals surface area contributed by atoms with Gasteiger partial charge in [0.1, 0.15) is 11.3 Å². The van der Waals surface area contributed by atoms with Gasteiger partial charge in [-0.2, -0.15) is 13.2 Å². The number of methoxy groups -OCH3 is 1. The van der Waals surface area contributed by atoms with Gasteiger partial charge in [0.05, 0.1) is 30.2 Å². The number of esters is 1. The van der Waals surface area contributed by atoms with Crippen LogP contribution in [0.3, 0.4) is 0 Å². The zero-order valence-electron chi connectivity index (χ0n) is 15.0. The van der Waals surface area contributed by atoms with E-state index in [9.17, 15) is 18.0 Å². The van der Waals surface area contributed by atoms with Crippen LogP contribution in [0.4, 0.5) is 13.2 Å². The summed E-state index contributed by atoms with van der Waals surface area (Å²) >= 11 is 0. The maximum absolute atomic E-state index is 12.7. The number of benzene rings is 1. The van der Waals surface area contributed by atoms with Gasteiger partial charge in [0.25, 0.3) is 0 Å². The van der Waals surface area contributed by atoms with Gasteiger partial charge in [-0.3, -0.25) is 4.98 Å². The standard InChI is InChI=1S/C19H20F3NO3/c1-5-14-17(18(24)25-4)16(26-11(2)3)10-15(23-14)12-6-8-13(9-7-12)19(20,21)22/h6-11H,5H2,1-4H3. The van der Waals surface area contributed by atoms with Gasteiger partial charge in [-0.05, 0) is 32.4 Å². The summed E-state index contributed by atoms with van der Waals surface area (Å²) in [5, 5.41) is 0. The third kappa shape index (κ3) is 4.33. The molecule has 0 spiro atoms. The number of aromatic nitrogens is 1. The highest BCUT2D eigenvalue weighted by Gasteiger charge is 2.30. The van der Waals surface area contributed by atoms with Gasteiger partial charge >= 0.3 is 12.1 Å². The Kier molecular flexibility index (Phi) is 5.90. The monoisotopic (exact) mass is 367 g/mol. The van der Waals surface area contributed by atoms with Gasteiger partial charge in [0, 0.05) is 11.6 Å². The fourth-order valence-corrected chi connectivity index (χ4v) is 2.47. The average molecular weight is 367 g/mol. The van der Waals surface area contributed by atoms with Crippen molar-refractivity contribution in [1.82, 2.24) is 4.98 Å². The van der Waals surface area contributed by atoms with E-state index < -0.39 is 17.7 Å². The molecule has 0 amide bonds. The molecule has 0 aliphatic heterocycles. The van der Waals surface area contributed by atoms with Crippen molar-refractivity contribution in [3.8, 4) is 17.0 Å². The number of carbonyl (C=O) groups is 1. The van der Waals surface area contributed by atoms with Crippen LogP contribution in [0.15, 0.2) is 30.3 Å². The Morgan fingerprint density at radius 1 is 1.19 bits per heavy atom. The lowest BCUT2D eigenvalue weighted by molar-refractivity contribution is -0.137. The van der Waals surface area contributed by atoms with Crippen molar-refractivity contribution in [2.45, 2.75) is 39.5 Å². The third-order valence-electron chi connectivity index (χ3n) is 3.65. The molecule has 1 aromatic heterocycles. The molecule has 0 fully saturated rings. The van der Waals surface area contributed by atoms with Crippen LogP contribution in [0.2, 0.25) is 0 Å². The largest absolute Gasteiger partial charge is 0.490 e. The third-order valence-corrected chi connectivity index (χ3v) is 3.65. The summed E-state index contributed by atoms with van der Waals surface area (Å²) in [5.74, 6) is -0.266. The molecule has 0 unspecified atom stereocenters.